The van der Waals surface area contributed by atoms with Crippen LogP contribution in [0.4, 0.5) is 5.82 Å². The number of ether oxygens (including phenoxy) is 1. The highest BCUT2D eigenvalue weighted by Gasteiger charge is 2.10. The van der Waals surface area contributed by atoms with Crippen molar-refractivity contribution < 1.29 is 9.15 Å². The van der Waals surface area contributed by atoms with E-state index in [4.69, 9.17) is 9.15 Å². The van der Waals surface area contributed by atoms with Crippen molar-refractivity contribution in [1.29, 1.82) is 0 Å². The molecule has 6 heteroatoms. The molecule has 2 aromatic heterocycles. The summed E-state index contributed by atoms with van der Waals surface area (Å²) in [6, 6.07) is 0. The van der Waals surface area contributed by atoms with Gasteiger partial charge in [0.2, 0.25) is 11.8 Å². The molecule has 0 aliphatic carbocycles. The summed E-state index contributed by atoms with van der Waals surface area (Å²) in [7, 11) is 0. The molecule has 0 spiro atoms. The van der Waals surface area contributed by atoms with Crippen molar-refractivity contribution in [2.75, 3.05) is 11.9 Å². The van der Waals surface area contributed by atoms with Gasteiger partial charge in [0, 0.05) is 0 Å². The first kappa shape index (κ1) is 13.3. The zero-order valence-corrected chi connectivity index (χ0v) is 11.6. The molecule has 0 bridgehead atoms. The molecular formula is C13H18N4O2. The van der Waals surface area contributed by atoms with Gasteiger partial charge in [0.25, 0.3) is 0 Å². The van der Waals surface area contributed by atoms with Crippen LogP contribution in [-0.2, 0) is 6.54 Å². The minimum atomic E-state index is 0.484. The van der Waals surface area contributed by atoms with Crippen molar-refractivity contribution in [3.63, 3.8) is 0 Å². The molecule has 0 aromatic carbocycles. The van der Waals surface area contributed by atoms with Crippen molar-refractivity contribution in [2.24, 2.45) is 0 Å². The third-order valence-corrected chi connectivity index (χ3v) is 2.80. The molecule has 0 amide bonds. The van der Waals surface area contributed by atoms with Gasteiger partial charge in [0.05, 0.1) is 24.4 Å². The number of anilines is 1. The Labute approximate surface area is 112 Å². The van der Waals surface area contributed by atoms with Gasteiger partial charge in [-0.25, -0.2) is 15.0 Å². The fraction of sp³-hybridized carbons (Fsp3) is 0.462. The Morgan fingerprint density at radius 2 is 2.05 bits per heavy atom. The summed E-state index contributed by atoms with van der Waals surface area (Å²) in [5.41, 5.74) is 1.79. The maximum atomic E-state index is 5.51. The molecule has 0 atom stereocenters. The Morgan fingerprint density at radius 1 is 1.26 bits per heavy atom. The lowest BCUT2D eigenvalue weighted by molar-refractivity contribution is 0.324. The molecule has 19 heavy (non-hydrogen) atoms. The van der Waals surface area contributed by atoms with Gasteiger partial charge in [0.15, 0.2) is 0 Å². The van der Waals surface area contributed by atoms with Crippen molar-refractivity contribution in [3.05, 3.63) is 29.2 Å². The summed E-state index contributed by atoms with van der Waals surface area (Å²) in [5, 5.41) is 3.18. The first-order chi connectivity index (χ1) is 9.11. The molecule has 0 saturated carbocycles. The van der Waals surface area contributed by atoms with Gasteiger partial charge in [-0.1, -0.05) is 0 Å². The van der Waals surface area contributed by atoms with Gasteiger partial charge in [-0.2, -0.15) is 0 Å². The van der Waals surface area contributed by atoms with Crippen molar-refractivity contribution >= 4 is 5.82 Å². The predicted molar refractivity (Wildman–Crippen MR) is 71.2 cm³/mol. The molecule has 0 fully saturated rings. The highest BCUT2D eigenvalue weighted by Crippen LogP contribution is 2.21. The van der Waals surface area contributed by atoms with Gasteiger partial charge >= 0.3 is 0 Å². The van der Waals surface area contributed by atoms with Crippen LogP contribution in [0.25, 0.3) is 0 Å². The van der Waals surface area contributed by atoms with Gasteiger partial charge in [-0.05, 0) is 27.7 Å². The first-order valence-corrected chi connectivity index (χ1v) is 6.23. The van der Waals surface area contributed by atoms with Crippen LogP contribution in [0.15, 0.2) is 10.7 Å². The molecule has 2 rings (SSSR count). The summed E-state index contributed by atoms with van der Waals surface area (Å²) in [6.07, 6.45) is 1.48. The molecule has 6 nitrogen and oxygen atoms in total. The minimum absolute atomic E-state index is 0.484. The second kappa shape index (κ2) is 5.69. The number of nitrogens with one attached hydrogen (secondary N) is 1. The largest absolute Gasteiger partial charge is 0.478 e. The van der Waals surface area contributed by atoms with E-state index in [1.165, 1.54) is 6.33 Å². The van der Waals surface area contributed by atoms with E-state index in [1.807, 2.05) is 27.7 Å². The van der Waals surface area contributed by atoms with Gasteiger partial charge in [-0.15, -0.1) is 0 Å². The van der Waals surface area contributed by atoms with Crippen LogP contribution in [0.3, 0.4) is 0 Å². The zero-order chi connectivity index (χ0) is 13.8. The summed E-state index contributed by atoms with van der Waals surface area (Å²) in [6.45, 7) is 8.72. The summed E-state index contributed by atoms with van der Waals surface area (Å²) in [4.78, 5) is 12.6. The smallest absolute Gasteiger partial charge is 0.221 e. The van der Waals surface area contributed by atoms with E-state index in [2.05, 4.69) is 20.3 Å². The van der Waals surface area contributed by atoms with Crippen molar-refractivity contribution in [1.82, 2.24) is 15.0 Å². The number of nitrogens with zero attached hydrogens (tertiary/aromatic N) is 3. The molecule has 0 saturated heterocycles. The fourth-order valence-corrected chi connectivity index (χ4v) is 1.67. The fourth-order valence-electron chi connectivity index (χ4n) is 1.67. The number of rotatable bonds is 5. The Kier molecular flexibility index (Phi) is 3.99. The summed E-state index contributed by atoms with van der Waals surface area (Å²) >= 11 is 0. The molecule has 0 aliphatic heterocycles. The highest BCUT2D eigenvalue weighted by molar-refractivity contribution is 5.47. The third-order valence-electron chi connectivity index (χ3n) is 2.80. The van der Waals surface area contributed by atoms with E-state index in [1.54, 1.807) is 0 Å². The molecule has 102 valence electrons. The maximum absolute atomic E-state index is 5.51. The molecule has 0 unspecified atom stereocenters. The number of aromatic nitrogens is 3. The second-order valence-electron chi connectivity index (χ2n) is 4.19. The lowest BCUT2D eigenvalue weighted by Crippen LogP contribution is -2.06. The molecular weight excluding hydrogens is 244 g/mol. The molecule has 2 aromatic rings. The van der Waals surface area contributed by atoms with E-state index in [0.717, 1.165) is 22.8 Å². The van der Waals surface area contributed by atoms with Crippen LogP contribution in [0.1, 0.15) is 29.8 Å². The Morgan fingerprint density at radius 3 is 2.68 bits per heavy atom. The van der Waals surface area contributed by atoms with E-state index >= 15 is 0 Å². The standard InChI is InChI=1S/C13H18N4O2/c1-5-18-13-8(2)12(15-7-16-13)14-6-11-17-9(3)10(4)19-11/h7H,5-6H2,1-4H3,(H,14,15,16). The van der Waals surface area contributed by atoms with Crippen LogP contribution in [0.2, 0.25) is 0 Å². The Bertz CT molecular complexity index is 546. The van der Waals surface area contributed by atoms with Crippen LogP contribution in [0, 0.1) is 20.8 Å². The minimum Gasteiger partial charge on any atom is -0.478 e. The van der Waals surface area contributed by atoms with E-state index in [-0.39, 0.29) is 0 Å². The second-order valence-corrected chi connectivity index (χ2v) is 4.19. The molecule has 0 aliphatic rings. The van der Waals surface area contributed by atoms with Gasteiger partial charge < -0.3 is 14.5 Å². The molecule has 0 radical (unpaired) electrons. The van der Waals surface area contributed by atoms with Crippen LogP contribution in [-0.4, -0.2) is 21.6 Å². The van der Waals surface area contributed by atoms with Gasteiger partial charge in [-0.3, -0.25) is 0 Å². The number of hydrogen-bond acceptors (Lipinski definition) is 6. The van der Waals surface area contributed by atoms with Crippen molar-refractivity contribution in [3.8, 4) is 5.88 Å². The van der Waals surface area contributed by atoms with E-state index in [9.17, 15) is 0 Å². The molecule has 1 N–H and O–H groups in total. The normalized spacial score (nSPS) is 10.5. The quantitative estimate of drug-likeness (QED) is 0.892. The van der Waals surface area contributed by atoms with Crippen LogP contribution < -0.4 is 10.1 Å². The number of oxazole rings is 1. The predicted octanol–water partition coefficient (Wildman–Crippen LogP) is 2.40. The van der Waals surface area contributed by atoms with Crippen LogP contribution in [0.5, 0.6) is 5.88 Å². The topological polar surface area (TPSA) is 73.1 Å². The van der Waals surface area contributed by atoms with Gasteiger partial charge in [0.1, 0.15) is 17.9 Å². The van der Waals surface area contributed by atoms with E-state index < -0.39 is 0 Å². The molecule has 2 heterocycles. The third kappa shape index (κ3) is 3.01. The Hall–Kier alpha value is -2.11. The maximum Gasteiger partial charge on any atom is 0.221 e. The lowest BCUT2D eigenvalue weighted by Gasteiger charge is -2.10. The average Bonchev–Trinajstić information content (AvgIpc) is 2.70. The average molecular weight is 262 g/mol. The number of aryl methyl sites for hydroxylation is 2. The SMILES string of the molecule is CCOc1ncnc(NCc2nc(C)c(C)o2)c1C. The van der Waals surface area contributed by atoms with E-state index in [0.29, 0.717) is 24.9 Å². The van der Waals surface area contributed by atoms with Crippen LogP contribution >= 0.6 is 0 Å². The Balaban J connectivity index is 2.09. The zero-order valence-electron chi connectivity index (χ0n) is 11.6. The summed E-state index contributed by atoms with van der Waals surface area (Å²) in [5.74, 6) is 2.81. The monoisotopic (exact) mass is 262 g/mol. The van der Waals surface area contributed by atoms with Crippen molar-refractivity contribution in [2.45, 2.75) is 34.2 Å². The summed E-state index contributed by atoms with van der Waals surface area (Å²) < 4.78 is 10.9. The number of hydrogen-bond donors (Lipinski definition) is 1. The first-order valence-electron chi connectivity index (χ1n) is 6.23. The lowest BCUT2D eigenvalue weighted by atomic mass is 10.3. The highest BCUT2D eigenvalue weighted by atomic mass is 16.5.